The number of allylic oxidation sites excluding steroid dienone is 1. The first-order chi connectivity index (χ1) is 16.9. The molecule has 0 unspecified atom stereocenters. The Labute approximate surface area is 200 Å². The van der Waals surface area contributed by atoms with Gasteiger partial charge in [-0.15, -0.1) is 6.58 Å². The molecule has 35 heavy (non-hydrogen) atoms. The van der Waals surface area contributed by atoms with E-state index in [1.807, 2.05) is 12.1 Å². The highest BCUT2D eigenvalue weighted by Crippen LogP contribution is 2.24. The topological polar surface area (TPSA) is 0 Å². The van der Waals surface area contributed by atoms with E-state index in [9.17, 15) is 22.0 Å². The number of rotatable bonds is 6. The molecule has 4 rings (SSSR count). The highest BCUT2D eigenvalue weighted by molar-refractivity contribution is 5.84. The Morgan fingerprint density at radius 2 is 1.29 bits per heavy atom. The summed E-state index contributed by atoms with van der Waals surface area (Å²) in [5.41, 5.74) is 2.81. The van der Waals surface area contributed by atoms with Crippen molar-refractivity contribution in [3.63, 3.8) is 0 Å². The second kappa shape index (κ2) is 10.6. The average Bonchev–Trinajstić information content (AvgIpc) is 2.85. The molecule has 0 aliphatic rings. The molecular formula is C30H21F5. The summed E-state index contributed by atoms with van der Waals surface area (Å²) in [7, 11) is 0. The minimum atomic E-state index is -1.50. The van der Waals surface area contributed by atoms with Gasteiger partial charge in [-0.25, -0.2) is 22.0 Å². The van der Waals surface area contributed by atoms with Crippen LogP contribution < -0.4 is 0 Å². The van der Waals surface area contributed by atoms with Gasteiger partial charge in [-0.05, 0) is 84.7 Å². The van der Waals surface area contributed by atoms with Crippen molar-refractivity contribution in [1.82, 2.24) is 0 Å². The fraction of sp³-hybridized carbons (Fsp3) is 0.133. The normalized spacial score (nSPS) is 10.8. The van der Waals surface area contributed by atoms with Crippen LogP contribution in [0, 0.1) is 40.9 Å². The Balaban J connectivity index is 1.44. The number of halogens is 5. The largest absolute Gasteiger partial charge is 0.207 e. The number of hydrogen-bond donors (Lipinski definition) is 0. The lowest BCUT2D eigenvalue weighted by molar-refractivity contribution is 0.453. The van der Waals surface area contributed by atoms with Crippen LogP contribution in [0.5, 0.6) is 0 Å². The zero-order valence-corrected chi connectivity index (χ0v) is 18.8. The maximum atomic E-state index is 14.4. The van der Waals surface area contributed by atoms with Crippen LogP contribution in [0.25, 0.3) is 10.8 Å². The summed E-state index contributed by atoms with van der Waals surface area (Å²) in [5.74, 6) is 0.847. The predicted octanol–water partition coefficient (Wildman–Crippen LogP) is 7.84. The third-order valence-electron chi connectivity index (χ3n) is 5.78. The summed E-state index contributed by atoms with van der Waals surface area (Å²) in [6, 6.07) is 15.4. The third kappa shape index (κ3) is 5.60. The Morgan fingerprint density at radius 3 is 1.97 bits per heavy atom. The second-order valence-corrected chi connectivity index (χ2v) is 8.23. The van der Waals surface area contributed by atoms with Crippen LogP contribution >= 0.6 is 0 Å². The van der Waals surface area contributed by atoms with Crippen LogP contribution in [0.2, 0.25) is 0 Å². The summed E-state index contributed by atoms with van der Waals surface area (Å²) >= 11 is 0. The molecule has 0 bridgehead atoms. The summed E-state index contributed by atoms with van der Waals surface area (Å²) in [4.78, 5) is 0. The van der Waals surface area contributed by atoms with Gasteiger partial charge in [-0.3, -0.25) is 0 Å². The molecule has 0 amide bonds. The molecule has 0 nitrogen and oxygen atoms in total. The van der Waals surface area contributed by atoms with Crippen molar-refractivity contribution in [3.8, 4) is 11.8 Å². The SMILES string of the molecule is C=CCCc1cc(F)c(CCc2ccc(C#Cc3ccc4c(F)c(F)c(F)cc4c3)cc2)c(F)c1. The van der Waals surface area contributed by atoms with Gasteiger partial charge in [0.25, 0.3) is 0 Å². The van der Waals surface area contributed by atoms with E-state index in [2.05, 4.69) is 18.4 Å². The second-order valence-electron chi connectivity index (χ2n) is 8.23. The molecule has 4 aromatic rings. The van der Waals surface area contributed by atoms with Gasteiger partial charge in [0.1, 0.15) is 11.6 Å². The number of benzene rings is 4. The molecule has 0 saturated carbocycles. The van der Waals surface area contributed by atoms with Crippen molar-refractivity contribution in [2.45, 2.75) is 25.7 Å². The Bertz CT molecular complexity index is 1430. The molecule has 5 heteroatoms. The Morgan fingerprint density at radius 1 is 0.629 bits per heavy atom. The maximum Gasteiger partial charge on any atom is 0.195 e. The van der Waals surface area contributed by atoms with Gasteiger partial charge in [-0.1, -0.05) is 36.1 Å². The van der Waals surface area contributed by atoms with Crippen LogP contribution in [0.3, 0.4) is 0 Å². The molecule has 0 aromatic heterocycles. The first kappa shape index (κ1) is 24.2. The highest BCUT2D eigenvalue weighted by Gasteiger charge is 2.13. The van der Waals surface area contributed by atoms with Crippen LogP contribution in [0.15, 0.2) is 73.3 Å². The minimum absolute atomic E-state index is 0.0157. The van der Waals surface area contributed by atoms with Crippen molar-refractivity contribution in [2.24, 2.45) is 0 Å². The van der Waals surface area contributed by atoms with E-state index in [0.29, 0.717) is 36.0 Å². The fourth-order valence-electron chi connectivity index (χ4n) is 3.86. The monoisotopic (exact) mass is 476 g/mol. The van der Waals surface area contributed by atoms with E-state index in [0.717, 1.165) is 11.6 Å². The molecule has 0 saturated heterocycles. The number of fused-ring (bicyclic) bond motifs is 1. The van der Waals surface area contributed by atoms with Crippen molar-refractivity contribution in [2.75, 3.05) is 0 Å². The van der Waals surface area contributed by atoms with Crippen LogP contribution in [0.1, 0.15) is 34.2 Å². The van der Waals surface area contributed by atoms with E-state index in [-0.39, 0.29) is 22.8 Å². The number of aryl methyl sites for hydroxylation is 2. The van der Waals surface area contributed by atoms with Gasteiger partial charge >= 0.3 is 0 Å². The Hall–Kier alpha value is -3.91. The van der Waals surface area contributed by atoms with E-state index in [1.165, 1.54) is 30.3 Å². The molecule has 0 N–H and O–H groups in total. The summed E-state index contributed by atoms with van der Waals surface area (Å²) in [6.45, 7) is 3.62. The summed E-state index contributed by atoms with van der Waals surface area (Å²) in [5, 5.41) is 0.204. The van der Waals surface area contributed by atoms with Crippen LogP contribution in [-0.2, 0) is 19.3 Å². The van der Waals surface area contributed by atoms with Gasteiger partial charge in [0, 0.05) is 22.1 Å². The van der Waals surface area contributed by atoms with Crippen LogP contribution in [0.4, 0.5) is 22.0 Å². The molecule has 0 spiro atoms. The molecular weight excluding hydrogens is 455 g/mol. The van der Waals surface area contributed by atoms with Crippen molar-refractivity contribution in [1.29, 1.82) is 0 Å². The summed E-state index contributed by atoms with van der Waals surface area (Å²) < 4.78 is 69.5. The first-order valence-corrected chi connectivity index (χ1v) is 11.1. The average molecular weight is 476 g/mol. The predicted molar refractivity (Wildman–Crippen MR) is 129 cm³/mol. The minimum Gasteiger partial charge on any atom is -0.207 e. The molecule has 0 heterocycles. The van der Waals surface area contributed by atoms with Gasteiger partial charge in [-0.2, -0.15) is 0 Å². The zero-order chi connectivity index (χ0) is 24.9. The molecule has 0 aliphatic heterocycles. The molecule has 0 aliphatic carbocycles. The molecule has 176 valence electrons. The standard InChI is InChI=1S/C30H21F5/c1-2-3-4-22-16-26(31)25(27(32)17-22)14-11-20-7-5-19(6-8-20)9-10-21-12-13-24-23(15-21)18-28(33)30(35)29(24)34/h2,5-8,12-13,15-18H,1,3-4,11,14H2. The molecule has 0 atom stereocenters. The van der Waals surface area contributed by atoms with Crippen molar-refractivity contribution in [3.05, 3.63) is 130 Å². The van der Waals surface area contributed by atoms with Crippen molar-refractivity contribution < 1.29 is 22.0 Å². The lowest BCUT2D eigenvalue weighted by Gasteiger charge is -2.08. The van der Waals surface area contributed by atoms with Gasteiger partial charge < -0.3 is 0 Å². The number of hydrogen-bond acceptors (Lipinski definition) is 0. The Kier molecular flexibility index (Phi) is 7.31. The van der Waals surface area contributed by atoms with Gasteiger partial charge in [0.15, 0.2) is 17.5 Å². The first-order valence-electron chi connectivity index (χ1n) is 11.1. The highest BCUT2D eigenvalue weighted by atomic mass is 19.2. The molecule has 4 aromatic carbocycles. The van der Waals surface area contributed by atoms with Gasteiger partial charge in [0.05, 0.1) is 0 Å². The lowest BCUT2D eigenvalue weighted by Crippen LogP contribution is -2.01. The summed E-state index contributed by atoms with van der Waals surface area (Å²) in [6.07, 6.45) is 3.61. The van der Waals surface area contributed by atoms with E-state index in [1.54, 1.807) is 18.2 Å². The quantitative estimate of drug-likeness (QED) is 0.115. The maximum absolute atomic E-state index is 14.4. The fourth-order valence-corrected chi connectivity index (χ4v) is 3.86. The molecule has 0 fully saturated rings. The van der Waals surface area contributed by atoms with Crippen molar-refractivity contribution >= 4 is 10.8 Å². The van der Waals surface area contributed by atoms with Crippen LogP contribution in [-0.4, -0.2) is 0 Å². The third-order valence-corrected chi connectivity index (χ3v) is 5.78. The van der Waals surface area contributed by atoms with E-state index < -0.39 is 29.1 Å². The smallest absolute Gasteiger partial charge is 0.195 e. The molecule has 0 radical (unpaired) electrons. The van der Waals surface area contributed by atoms with E-state index >= 15 is 0 Å². The van der Waals surface area contributed by atoms with E-state index in [4.69, 9.17) is 0 Å². The lowest BCUT2D eigenvalue weighted by atomic mass is 10.00. The zero-order valence-electron chi connectivity index (χ0n) is 18.8. The van der Waals surface area contributed by atoms with Gasteiger partial charge in [0.2, 0.25) is 0 Å².